The topological polar surface area (TPSA) is 75.6 Å². The molecule has 5 nitrogen and oxygen atoms in total. The van der Waals surface area contributed by atoms with E-state index in [1.807, 2.05) is 24.3 Å². The molecule has 1 unspecified atom stereocenters. The molecule has 2 rings (SSSR count). The fraction of sp³-hybridized carbons (Fsp3) is 0.294. The minimum absolute atomic E-state index is 0.168. The van der Waals surface area contributed by atoms with Crippen LogP contribution in [0, 0.1) is 0 Å². The first-order valence-corrected chi connectivity index (χ1v) is 8.08. The fourth-order valence-electron chi connectivity index (χ4n) is 2.16. The van der Waals surface area contributed by atoms with Crippen molar-refractivity contribution >= 4 is 23.2 Å². The van der Waals surface area contributed by atoms with Crippen LogP contribution in [0.25, 0.3) is 0 Å². The third-order valence-corrected chi connectivity index (χ3v) is 4.66. The van der Waals surface area contributed by atoms with Crippen molar-refractivity contribution in [3.05, 3.63) is 51.7 Å². The Morgan fingerprint density at radius 2 is 1.83 bits per heavy atom. The van der Waals surface area contributed by atoms with E-state index in [0.717, 1.165) is 23.5 Å². The number of ether oxygens (including phenoxy) is 1. The number of amides is 1. The standard InChI is InChI=1S/C17H19NO4S/c1-11(12-3-5-13(22-2)6-4-12)9-10-18-16(19)14-7-8-15(23-14)17(20)21/h3-8,11H,9-10H2,1-2H3,(H,18,19)(H,20,21). The summed E-state index contributed by atoms with van der Waals surface area (Å²) in [7, 11) is 1.63. The van der Waals surface area contributed by atoms with Crippen LogP contribution in [0.15, 0.2) is 36.4 Å². The summed E-state index contributed by atoms with van der Waals surface area (Å²) >= 11 is 0.983. The molecule has 0 bridgehead atoms. The van der Waals surface area contributed by atoms with Gasteiger partial charge in [-0.15, -0.1) is 11.3 Å². The van der Waals surface area contributed by atoms with E-state index in [0.29, 0.717) is 17.3 Å². The Morgan fingerprint density at radius 3 is 2.39 bits per heavy atom. The molecule has 0 spiro atoms. The SMILES string of the molecule is COc1ccc(C(C)CCNC(=O)c2ccc(C(=O)O)s2)cc1. The van der Waals surface area contributed by atoms with Gasteiger partial charge in [0.1, 0.15) is 10.6 Å². The molecule has 23 heavy (non-hydrogen) atoms. The number of hydrogen-bond donors (Lipinski definition) is 2. The third-order valence-electron chi connectivity index (χ3n) is 3.59. The third kappa shape index (κ3) is 4.56. The minimum Gasteiger partial charge on any atom is -0.497 e. The second kappa shape index (κ2) is 7.78. The van der Waals surface area contributed by atoms with Gasteiger partial charge in [0.25, 0.3) is 5.91 Å². The number of thiophene rings is 1. The average molecular weight is 333 g/mol. The predicted octanol–water partition coefficient (Wildman–Crippen LogP) is 3.38. The van der Waals surface area contributed by atoms with Crippen LogP contribution in [0.1, 0.15) is 44.2 Å². The first-order chi connectivity index (χ1) is 11.0. The lowest BCUT2D eigenvalue weighted by atomic mass is 9.98. The number of nitrogens with one attached hydrogen (secondary N) is 1. The van der Waals surface area contributed by atoms with Crippen molar-refractivity contribution in [1.29, 1.82) is 0 Å². The van der Waals surface area contributed by atoms with E-state index in [1.165, 1.54) is 17.7 Å². The molecule has 0 saturated carbocycles. The summed E-state index contributed by atoms with van der Waals surface area (Å²) in [5.41, 5.74) is 1.18. The average Bonchev–Trinajstić information content (AvgIpc) is 3.05. The van der Waals surface area contributed by atoms with Crippen LogP contribution >= 0.6 is 11.3 Å². The minimum atomic E-state index is -1.01. The van der Waals surface area contributed by atoms with Gasteiger partial charge in [-0.05, 0) is 42.2 Å². The molecule has 1 atom stereocenters. The molecule has 1 amide bonds. The highest BCUT2D eigenvalue weighted by Gasteiger charge is 2.13. The highest BCUT2D eigenvalue weighted by molar-refractivity contribution is 7.15. The molecule has 1 aromatic carbocycles. The molecule has 122 valence electrons. The summed E-state index contributed by atoms with van der Waals surface area (Å²) in [5, 5.41) is 11.7. The zero-order valence-electron chi connectivity index (χ0n) is 13.0. The van der Waals surface area contributed by atoms with Gasteiger partial charge < -0.3 is 15.2 Å². The summed E-state index contributed by atoms with van der Waals surface area (Å²) in [6.07, 6.45) is 0.801. The Labute approximate surface area is 138 Å². The molecule has 0 radical (unpaired) electrons. The second-order valence-corrected chi connectivity index (χ2v) is 6.27. The predicted molar refractivity (Wildman–Crippen MR) is 89.6 cm³/mol. The van der Waals surface area contributed by atoms with Crippen LogP contribution < -0.4 is 10.1 Å². The maximum atomic E-state index is 12.0. The van der Waals surface area contributed by atoms with Gasteiger partial charge in [-0.25, -0.2) is 4.79 Å². The van der Waals surface area contributed by atoms with Gasteiger partial charge in [0.2, 0.25) is 0 Å². The molecular formula is C17H19NO4S. The number of carbonyl (C=O) groups is 2. The van der Waals surface area contributed by atoms with Gasteiger partial charge in [-0.1, -0.05) is 19.1 Å². The lowest BCUT2D eigenvalue weighted by Gasteiger charge is -2.13. The Hall–Kier alpha value is -2.34. The Bertz CT molecular complexity index is 678. The lowest BCUT2D eigenvalue weighted by Crippen LogP contribution is -2.24. The molecule has 0 aliphatic heterocycles. The number of carboxylic acids is 1. The van der Waals surface area contributed by atoms with Gasteiger partial charge >= 0.3 is 5.97 Å². The number of rotatable bonds is 7. The van der Waals surface area contributed by atoms with Crippen LogP contribution in [0.3, 0.4) is 0 Å². The lowest BCUT2D eigenvalue weighted by molar-refractivity contribution is 0.0702. The summed E-state index contributed by atoms with van der Waals surface area (Å²) in [4.78, 5) is 23.4. The van der Waals surface area contributed by atoms with Crippen LogP contribution in [-0.2, 0) is 0 Å². The maximum Gasteiger partial charge on any atom is 0.345 e. The fourth-order valence-corrected chi connectivity index (χ4v) is 2.92. The Balaban J connectivity index is 1.83. The van der Waals surface area contributed by atoms with E-state index in [2.05, 4.69) is 12.2 Å². The first-order valence-electron chi connectivity index (χ1n) is 7.26. The van der Waals surface area contributed by atoms with Crippen molar-refractivity contribution in [3.63, 3.8) is 0 Å². The van der Waals surface area contributed by atoms with Crippen molar-refractivity contribution in [2.45, 2.75) is 19.3 Å². The van der Waals surface area contributed by atoms with Crippen molar-refractivity contribution < 1.29 is 19.4 Å². The smallest absolute Gasteiger partial charge is 0.345 e. The van der Waals surface area contributed by atoms with Crippen LogP contribution in [0.4, 0.5) is 0 Å². The van der Waals surface area contributed by atoms with Crippen molar-refractivity contribution in [2.75, 3.05) is 13.7 Å². The normalized spacial score (nSPS) is 11.7. The van der Waals surface area contributed by atoms with E-state index >= 15 is 0 Å². The number of benzene rings is 1. The summed E-state index contributed by atoms with van der Waals surface area (Å²) in [6.45, 7) is 2.63. The molecule has 1 heterocycles. The maximum absolute atomic E-state index is 12.0. The Morgan fingerprint density at radius 1 is 1.17 bits per heavy atom. The largest absolute Gasteiger partial charge is 0.497 e. The molecule has 2 aromatic rings. The molecular weight excluding hydrogens is 314 g/mol. The molecule has 6 heteroatoms. The van der Waals surface area contributed by atoms with Crippen molar-refractivity contribution in [1.82, 2.24) is 5.32 Å². The van der Waals surface area contributed by atoms with E-state index < -0.39 is 5.97 Å². The highest BCUT2D eigenvalue weighted by Crippen LogP contribution is 2.21. The van der Waals surface area contributed by atoms with Gasteiger partial charge in [0, 0.05) is 6.54 Å². The van der Waals surface area contributed by atoms with Crippen LogP contribution in [0.5, 0.6) is 5.75 Å². The van der Waals surface area contributed by atoms with E-state index in [1.54, 1.807) is 7.11 Å². The number of methoxy groups -OCH3 is 1. The molecule has 0 aliphatic rings. The summed E-state index contributed by atoms with van der Waals surface area (Å²) < 4.78 is 5.13. The molecule has 0 aliphatic carbocycles. The first kappa shape index (κ1) is 17.0. The molecule has 0 saturated heterocycles. The number of carbonyl (C=O) groups excluding carboxylic acids is 1. The highest BCUT2D eigenvalue weighted by atomic mass is 32.1. The second-order valence-electron chi connectivity index (χ2n) is 5.19. The zero-order chi connectivity index (χ0) is 16.8. The monoisotopic (exact) mass is 333 g/mol. The van der Waals surface area contributed by atoms with Crippen molar-refractivity contribution in [3.8, 4) is 5.75 Å². The molecule has 1 aromatic heterocycles. The summed E-state index contributed by atoms with van der Waals surface area (Å²) in [6, 6.07) is 10.9. The molecule has 2 N–H and O–H groups in total. The van der Waals surface area contributed by atoms with Gasteiger partial charge in [0.15, 0.2) is 0 Å². The zero-order valence-corrected chi connectivity index (χ0v) is 13.9. The van der Waals surface area contributed by atoms with Gasteiger partial charge in [-0.3, -0.25) is 4.79 Å². The van der Waals surface area contributed by atoms with Gasteiger partial charge in [-0.2, -0.15) is 0 Å². The molecule has 0 fully saturated rings. The van der Waals surface area contributed by atoms with Crippen LogP contribution in [0.2, 0.25) is 0 Å². The van der Waals surface area contributed by atoms with E-state index in [-0.39, 0.29) is 10.8 Å². The van der Waals surface area contributed by atoms with Gasteiger partial charge in [0.05, 0.1) is 12.0 Å². The number of carboxylic acid groups (broad SMARTS) is 1. The van der Waals surface area contributed by atoms with Crippen molar-refractivity contribution in [2.24, 2.45) is 0 Å². The van der Waals surface area contributed by atoms with Crippen LogP contribution in [-0.4, -0.2) is 30.6 Å². The Kier molecular flexibility index (Phi) is 5.76. The number of hydrogen-bond acceptors (Lipinski definition) is 4. The van der Waals surface area contributed by atoms with E-state index in [9.17, 15) is 9.59 Å². The van der Waals surface area contributed by atoms with E-state index in [4.69, 9.17) is 9.84 Å². The number of aromatic carboxylic acids is 1. The quantitative estimate of drug-likeness (QED) is 0.814. The summed E-state index contributed by atoms with van der Waals surface area (Å²) in [5.74, 6) is -0.119.